The van der Waals surface area contributed by atoms with Crippen LogP contribution in [-0.2, 0) is 9.59 Å². The Bertz CT molecular complexity index is 347. The summed E-state index contributed by atoms with van der Waals surface area (Å²) in [5.74, 6) is -1.53. The van der Waals surface area contributed by atoms with E-state index in [1.54, 1.807) is 6.92 Å². The molecule has 0 saturated heterocycles. The Balaban J connectivity index is 4.79. The Morgan fingerprint density at radius 3 is 2.25 bits per heavy atom. The highest BCUT2D eigenvalue weighted by atomic mass is 16.4. The van der Waals surface area contributed by atoms with Crippen LogP contribution in [0.3, 0.4) is 0 Å². The minimum absolute atomic E-state index is 0.0803. The monoisotopic (exact) mass is 287 g/mol. The number of hydrogen-bond acceptors (Lipinski definition) is 3. The van der Waals surface area contributed by atoms with E-state index in [4.69, 9.17) is 5.11 Å². The number of carboxylic acid groups (broad SMARTS) is 1. The summed E-state index contributed by atoms with van der Waals surface area (Å²) in [6, 6.07) is -1.47. The Morgan fingerprint density at radius 1 is 1.25 bits per heavy atom. The van der Waals surface area contributed by atoms with E-state index < -0.39 is 18.0 Å². The fraction of sp³-hybridized carbons (Fsp3) is 0.769. The first-order valence-electron chi connectivity index (χ1n) is 6.86. The zero-order valence-electron chi connectivity index (χ0n) is 12.6. The van der Waals surface area contributed by atoms with Gasteiger partial charge in [0.05, 0.1) is 0 Å². The van der Waals surface area contributed by atoms with Crippen molar-refractivity contribution < 1.29 is 19.5 Å². The molecule has 0 heterocycles. The van der Waals surface area contributed by atoms with Crippen LogP contribution in [-0.4, -0.2) is 54.1 Å². The molecule has 0 aliphatic heterocycles. The third-order valence-electron chi connectivity index (χ3n) is 3.15. The number of likely N-dealkylation sites (N-methyl/N-ethyl adjacent to an activating group) is 1. The predicted octanol–water partition coefficient (Wildman–Crippen LogP) is 0.653. The normalized spacial score (nSPS) is 13.2. The molecule has 3 amide bonds. The van der Waals surface area contributed by atoms with Crippen molar-refractivity contribution in [3.05, 3.63) is 0 Å². The highest BCUT2D eigenvalue weighted by Crippen LogP contribution is 2.08. The number of hydrogen-bond donors (Lipinski definition) is 3. The van der Waals surface area contributed by atoms with Gasteiger partial charge in [0.25, 0.3) is 0 Å². The maximum atomic E-state index is 12.1. The summed E-state index contributed by atoms with van der Waals surface area (Å²) in [5, 5.41) is 14.1. The molecule has 7 heteroatoms. The second-order valence-corrected chi connectivity index (χ2v) is 4.75. The van der Waals surface area contributed by atoms with Gasteiger partial charge in [0.2, 0.25) is 5.91 Å². The van der Waals surface area contributed by atoms with Gasteiger partial charge < -0.3 is 20.6 Å². The summed E-state index contributed by atoms with van der Waals surface area (Å²) in [5.41, 5.74) is 0. The highest BCUT2D eigenvalue weighted by Gasteiger charge is 2.27. The lowest BCUT2D eigenvalue weighted by Crippen LogP contribution is -2.52. The van der Waals surface area contributed by atoms with Crippen LogP contribution in [0.4, 0.5) is 4.79 Å². The summed E-state index contributed by atoms with van der Waals surface area (Å²) < 4.78 is 0. The summed E-state index contributed by atoms with van der Waals surface area (Å²) >= 11 is 0. The number of aliphatic carboxylic acids is 1. The smallest absolute Gasteiger partial charge is 0.326 e. The lowest BCUT2D eigenvalue weighted by molar-refractivity contribution is -0.140. The minimum Gasteiger partial charge on any atom is -0.480 e. The maximum absolute atomic E-state index is 12.1. The van der Waals surface area contributed by atoms with Crippen LogP contribution in [0.15, 0.2) is 0 Å². The summed E-state index contributed by atoms with van der Waals surface area (Å²) in [6.45, 7) is 5.83. The molecule has 0 rings (SSSR count). The van der Waals surface area contributed by atoms with Crippen molar-refractivity contribution in [3.63, 3.8) is 0 Å². The van der Waals surface area contributed by atoms with Gasteiger partial charge in [-0.3, -0.25) is 4.79 Å². The van der Waals surface area contributed by atoms with Gasteiger partial charge in [0.1, 0.15) is 12.6 Å². The van der Waals surface area contributed by atoms with Crippen molar-refractivity contribution in [1.29, 1.82) is 0 Å². The molecule has 20 heavy (non-hydrogen) atoms. The van der Waals surface area contributed by atoms with Crippen molar-refractivity contribution >= 4 is 17.9 Å². The van der Waals surface area contributed by atoms with Gasteiger partial charge in [-0.2, -0.15) is 0 Å². The lowest BCUT2D eigenvalue weighted by atomic mass is 9.99. The standard InChI is InChI=1S/C13H25N3O4/c1-5-7-16(8-10(17)14-4)13(20)15-11(12(18)19)9(3)6-2/h9,11H,5-8H2,1-4H3,(H,14,17)(H,15,20)(H,18,19). The average Bonchev–Trinajstić information content (AvgIpc) is 2.42. The van der Waals surface area contributed by atoms with Crippen LogP contribution in [0.2, 0.25) is 0 Å². The van der Waals surface area contributed by atoms with Gasteiger partial charge in [-0.15, -0.1) is 0 Å². The number of carbonyl (C=O) groups excluding carboxylic acids is 2. The van der Waals surface area contributed by atoms with E-state index in [2.05, 4.69) is 10.6 Å². The molecule has 0 bridgehead atoms. The fourth-order valence-corrected chi connectivity index (χ4v) is 1.68. The number of nitrogens with zero attached hydrogens (tertiary/aromatic N) is 1. The third kappa shape index (κ3) is 5.90. The number of rotatable bonds is 8. The van der Waals surface area contributed by atoms with Gasteiger partial charge in [-0.05, 0) is 12.3 Å². The fourth-order valence-electron chi connectivity index (χ4n) is 1.68. The second kappa shape index (κ2) is 9.17. The number of amides is 3. The van der Waals surface area contributed by atoms with Gasteiger partial charge >= 0.3 is 12.0 Å². The van der Waals surface area contributed by atoms with Crippen molar-refractivity contribution in [2.75, 3.05) is 20.1 Å². The molecule has 0 spiro atoms. The van der Waals surface area contributed by atoms with Crippen molar-refractivity contribution in [2.45, 2.75) is 39.7 Å². The predicted molar refractivity (Wildman–Crippen MR) is 75.3 cm³/mol. The molecule has 0 fully saturated rings. The molecule has 0 aliphatic rings. The number of urea groups is 1. The van der Waals surface area contributed by atoms with Crippen LogP contribution < -0.4 is 10.6 Å². The zero-order chi connectivity index (χ0) is 15.7. The SMILES string of the molecule is CCCN(CC(=O)NC)C(=O)NC(C(=O)O)C(C)CC. The number of carboxylic acids is 1. The molecule has 0 aliphatic carbocycles. The molecule has 2 unspecified atom stereocenters. The molecule has 0 saturated carbocycles. The molecular formula is C13H25N3O4. The third-order valence-corrected chi connectivity index (χ3v) is 3.15. The average molecular weight is 287 g/mol. The van der Waals surface area contributed by atoms with Crippen LogP contribution in [0.25, 0.3) is 0 Å². The Hall–Kier alpha value is -1.79. The van der Waals surface area contributed by atoms with Gasteiger partial charge in [0.15, 0.2) is 0 Å². The van der Waals surface area contributed by atoms with Crippen LogP contribution in [0, 0.1) is 5.92 Å². The maximum Gasteiger partial charge on any atom is 0.326 e. The van der Waals surface area contributed by atoms with Gasteiger partial charge in [0, 0.05) is 13.6 Å². The first kappa shape index (κ1) is 18.2. The van der Waals surface area contributed by atoms with E-state index >= 15 is 0 Å². The van der Waals surface area contributed by atoms with E-state index in [1.807, 2.05) is 13.8 Å². The minimum atomic E-state index is -1.07. The molecule has 116 valence electrons. The summed E-state index contributed by atoms with van der Waals surface area (Å²) in [7, 11) is 1.49. The van der Waals surface area contributed by atoms with Crippen LogP contribution in [0.5, 0.6) is 0 Å². The molecule has 2 atom stereocenters. The second-order valence-electron chi connectivity index (χ2n) is 4.75. The summed E-state index contributed by atoms with van der Waals surface area (Å²) in [4.78, 5) is 36.0. The van der Waals surface area contributed by atoms with E-state index in [-0.39, 0.29) is 18.4 Å². The quantitative estimate of drug-likeness (QED) is 0.610. The van der Waals surface area contributed by atoms with Gasteiger partial charge in [-0.1, -0.05) is 27.2 Å². The molecule has 0 aromatic heterocycles. The Kier molecular flexibility index (Phi) is 8.35. The van der Waals surface area contributed by atoms with E-state index in [0.717, 1.165) is 0 Å². The van der Waals surface area contributed by atoms with Crippen LogP contribution >= 0.6 is 0 Å². The van der Waals surface area contributed by atoms with Crippen molar-refractivity contribution in [3.8, 4) is 0 Å². The molecule has 0 radical (unpaired) electrons. The largest absolute Gasteiger partial charge is 0.480 e. The van der Waals surface area contributed by atoms with Gasteiger partial charge in [-0.25, -0.2) is 9.59 Å². The first-order valence-corrected chi connectivity index (χ1v) is 6.86. The molecule has 0 aromatic carbocycles. The topological polar surface area (TPSA) is 98.7 Å². The van der Waals surface area contributed by atoms with Crippen LogP contribution in [0.1, 0.15) is 33.6 Å². The van der Waals surface area contributed by atoms with E-state index in [0.29, 0.717) is 19.4 Å². The highest BCUT2D eigenvalue weighted by molar-refractivity contribution is 5.86. The lowest BCUT2D eigenvalue weighted by Gasteiger charge is -2.26. The molecular weight excluding hydrogens is 262 g/mol. The van der Waals surface area contributed by atoms with Crippen molar-refractivity contribution in [2.24, 2.45) is 5.92 Å². The number of nitrogens with one attached hydrogen (secondary N) is 2. The molecule has 7 nitrogen and oxygen atoms in total. The Labute approximate surface area is 119 Å². The van der Waals surface area contributed by atoms with E-state index in [1.165, 1.54) is 11.9 Å². The summed E-state index contributed by atoms with van der Waals surface area (Å²) in [6.07, 6.45) is 1.33. The molecule has 3 N–H and O–H groups in total. The molecule has 0 aromatic rings. The zero-order valence-corrected chi connectivity index (χ0v) is 12.6. The Morgan fingerprint density at radius 2 is 1.85 bits per heavy atom. The first-order chi connectivity index (χ1) is 9.37. The number of carbonyl (C=O) groups is 3. The van der Waals surface area contributed by atoms with Crippen molar-refractivity contribution in [1.82, 2.24) is 15.5 Å². The van der Waals surface area contributed by atoms with E-state index in [9.17, 15) is 14.4 Å².